The van der Waals surface area contributed by atoms with E-state index in [9.17, 15) is 13.6 Å². The van der Waals surface area contributed by atoms with Gasteiger partial charge in [-0.25, -0.2) is 8.78 Å². The van der Waals surface area contributed by atoms with Crippen molar-refractivity contribution in [3.05, 3.63) is 35.6 Å². The van der Waals surface area contributed by atoms with Crippen LogP contribution in [-0.2, 0) is 4.79 Å². The lowest BCUT2D eigenvalue weighted by molar-refractivity contribution is -0.108. The van der Waals surface area contributed by atoms with Crippen LogP contribution >= 0.6 is 0 Å². The van der Waals surface area contributed by atoms with E-state index in [1.807, 2.05) is 0 Å². The molecule has 1 nitrogen and oxygen atoms in total. The molecule has 0 aliphatic heterocycles. The van der Waals surface area contributed by atoms with Crippen LogP contribution in [0, 0.1) is 5.82 Å². The highest BCUT2D eigenvalue weighted by molar-refractivity contribution is 5.51. The molecule has 0 saturated heterocycles. The van der Waals surface area contributed by atoms with E-state index in [2.05, 4.69) is 0 Å². The zero-order chi connectivity index (χ0) is 8.97. The summed E-state index contributed by atoms with van der Waals surface area (Å²) in [5, 5.41) is 0. The third-order valence-corrected chi connectivity index (χ3v) is 1.51. The smallest absolute Gasteiger partial charge is 0.132 e. The van der Waals surface area contributed by atoms with Gasteiger partial charge in [0.15, 0.2) is 0 Å². The van der Waals surface area contributed by atoms with Crippen LogP contribution in [0.25, 0.3) is 0 Å². The van der Waals surface area contributed by atoms with Crippen LogP contribution in [0.3, 0.4) is 0 Å². The van der Waals surface area contributed by atoms with Gasteiger partial charge in [-0.05, 0) is 17.7 Å². The van der Waals surface area contributed by atoms with E-state index in [4.69, 9.17) is 0 Å². The van der Waals surface area contributed by atoms with Crippen LogP contribution in [0.15, 0.2) is 24.3 Å². The maximum absolute atomic E-state index is 12.9. The molecule has 0 spiro atoms. The Balaban J connectivity index is 2.80. The highest BCUT2D eigenvalue weighted by atomic mass is 19.1. The summed E-state index contributed by atoms with van der Waals surface area (Å²) >= 11 is 0. The van der Waals surface area contributed by atoms with E-state index < -0.39 is 12.0 Å². The standard InChI is InChI=1S/C9H8F2O/c10-8-3-1-2-7(6-8)9(11)4-5-12/h1-3,5-6,9H,4H2. The molecule has 1 unspecified atom stereocenters. The van der Waals surface area contributed by atoms with Gasteiger partial charge in [0, 0.05) is 6.42 Å². The van der Waals surface area contributed by atoms with E-state index in [1.165, 1.54) is 18.2 Å². The maximum Gasteiger partial charge on any atom is 0.132 e. The van der Waals surface area contributed by atoms with Crippen LogP contribution < -0.4 is 0 Å². The van der Waals surface area contributed by atoms with Crippen molar-refractivity contribution in [1.82, 2.24) is 0 Å². The lowest BCUT2D eigenvalue weighted by atomic mass is 10.1. The van der Waals surface area contributed by atoms with Crippen molar-refractivity contribution in [2.24, 2.45) is 0 Å². The quantitative estimate of drug-likeness (QED) is 0.636. The van der Waals surface area contributed by atoms with Crippen LogP contribution in [0.4, 0.5) is 8.78 Å². The second-order valence-corrected chi connectivity index (χ2v) is 2.42. The van der Waals surface area contributed by atoms with Gasteiger partial charge in [0.2, 0.25) is 0 Å². The van der Waals surface area contributed by atoms with Crippen LogP contribution in [0.5, 0.6) is 0 Å². The lowest BCUT2D eigenvalue weighted by Crippen LogP contribution is -1.92. The van der Waals surface area contributed by atoms with Crippen molar-refractivity contribution in [2.75, 3.05) is 0 Å². The zero-order valence-electron chi connectivity index (χ0n) is 6.34. The molecule has 0 aromatic heterocycles. The Bertz CT molecular complexity index is 273. The minimum atomic E-state index is -1.39. The van der Waals surface area contributed by atoms with Gasteiger partial charge in [-0.1, -0.05) is 12.1 Å². The van der Waals surface area contributed by atoms with Crippen LogP contribution in [-0.4, -0.2) is 6.29 Å². The van der Waals surface area contributed by atoms with Gasteiger partial charge in [0.1, 0.15) is 18.3 Å². The third kappa shape index (κ3) is 2.12. The van der Waals surface area contributed by atoms with Crippen molar-refractivity contribution in [3.63, 3.8) is 0 Å². The molecule has 1 atom stereocenters. The normalized spacial score (nSPS) is 12.5. The molecule has 1 aromatic carbocycles. The molecule has 1 aromatic rings. The van der Waals surface area contributed by atoms with Gasteiger partial charge in [0.25, 0.3) is 0 Å². The second kappa shape index (κ2) is 3.95. The molecule has 0 heterocycles. The molecule has 12 heavy (non-hydrogen) atoms. The Morgan fingerprint density at radius 3 is 2.83 bits per heavy atom. The summed E-state index contributed by atoms with van der Waals surface area (Å²) in [5.41, 5.74) is 0.210. The van der Waals surface area contributed by atoms with Crippen molar-refractivity contribution < 1.29 is 13.6 Å². The van der Waals surface area contributed by atoms with Gasteiger partial charge in [-0.3, -0.25) is 0 Å². The lowest BCUT2D eigenvalue weighted by Gasteiger charge is -2.03. The third-order valence-electron chi connectivity index (χ3n) is 1.51. The van der Waals surface area contributed by atoms with Gasteiger partial charge < -0.3 is 4.79 Å². The second-order valence-electron chi connectivity index (χ2n) is 2.42. The van der Waals surface area contributed by atoms with Crippen LogP contribution in [0.2, 0.25) is 0 Å². The van der Waals surface area contributed by atoms with Crippen LogP contribution in [0.1, 0.15) is 18.2 Å². The molecule has 0 fully saturated rings. The Morgan fingerprint density at radius 2 is 2.25 bits per heavy atom. The number of benzene rings is 1. The van der Waals surface area contributed by atoms with Crippen molar-refractivity contribution >= 4 is 6.29 Å². The maximum atomic E-state index is 12.9. The number of halogens is 2. The molecule has 0 bridgehead atoms. The SMILES string of the molecule is O=CCC(F)c1cccc(F)c1. The van der Waals surface area contributed by atoms with Gasteiger partial charge in [-0.15, -0.1) is 0 Å². The van der Waals surface area contributed by atoms with E-state index >= 15 is 0 Å². The number of carbonyl (C=O) groups is 1. The Morgan fingerprint density at radius 1 is 1.50 bits per heavy atom. The first-order valence-corrected chi connectivity index (χ1v) is 3.57. The first-order valence-electron chi connectivity index (χ1n) is 3.57. The van der Waals surface area contributed by atoms with Crippen molar-refractivity contribution in [3.8, 4) is 0 Å². The topological polar surface area (TPSA) is 17.1 Å². The molecular weight excluding hydrogens is 162 g/mol. The van der Waals surface area contributed by atoms with Gasteiger partial charge in [-0.2, -0.15) is 0 Å². The number of aldehydes is 1. The molecule has 0 aliphatic carbocycles. The highest BCUT2D eigenvalue weighted by Crippen LogP contribution is 2.20. The minimum Gasteiger partial charge on any atom is -0.303 e. The number of hydrogen-bond acceptors (Lipinski definition) is 1. The summed E-state index contributed by atoms with van der Waals surface area (Å²) in [7, 11) is 0. The average Bonchev–Trinajstić information content (AvgIpc) is 2.05. The van der Waals surface area contributed by atoms with E-state index in [0.717, 1.165) is 6.07 Å². The fraction of sp³-hybridized carbons (Fsp3) is 0.222. The Kier molecular flexibility index (Phi) is 2.91. The molecular formula is C9H8F2O. The zero-order valence-corrected chi connectivity index (χ0v) is 6.34. The molecule has 0 aliphatic rings. The summed E-state index contributed by atoms with van der Waals surface area (Å²) < 4.78 is 25.4. The summed E-state index contributed by atoms with van der Waals surface area (Å²) in [4.78, 5) is 9.94. The van der Waals surface area contributed by atoms with Gasteiger partial charge in [0.05, 0.1) is 0 Å². The summed E-state index contributed by atoms with van der Waals surface area (Å²) in [6.07, 6.45) is -1.13. The molecule has 0 radical (unpaired) electrons. The minimum absolute atomic E-state index is 0.210. The van der Waals surface area contributed by atoms with Crippen molar-refractivity contribution in [2.45, 2.75) is 12.6 Å². The highest BCUT2D eigenvalue weighted by Gasteiger charge is 2.08. The monoisotopic (exact) mass is 170 g/mol. The summed E-state index contributed by atoms with van der Waals surface area (Å²) in [6.45, 7) is 0. The predicted octanol–water partition coefficient (Wildman–Crippen LogP) is 2.43. The first kappa shape index (κ1) is 8.84. The fourth-order valence-electron chi connectivity index (χ4n) is 0.922. The summed E-state index contributed by atoms with van der Waals surface area (Å²) in [6, 6.07) is 5.20. The van der Waals surface area contributed by atoms with E-state index in [0.29, 0.717) is 6.29 Å². The average molecular weight is 170 g/mol. The fourth-order valence-corrected chi connectivity index (χ4v) is 0.922. The van der Waals surface area contributed by atoms with Crippen molar-refractivity contribution in [1.29, 1.82) is 0 Å². The molecule has 1 rings (SSSR count). The Labute approximate surface area is 69.0 Å². The predicted molar refractivity (Wildman–Crippen MR) is 40.9 cm³/mol. The largest absolute Gasteiger partial charge is 0.303 e. The molecule has 3 heteroatoms. The molecule has 0 saturated carbocycles. The molecule has 0 N–H and O–H groups in total. The Hall–Kier alpha value is -1.25. The number of carbonyl (C=O) groups excluding carboxylic acids is 1. The first-order chi connectivity index (χ1) is 5.74. The van der Waals surface area contributed by atoms with Gasteiger partial charge >= 0.3 is 0 Å². The van der Waals surface area contributed by atoms with E-state index in [-0.39, 0.29) is 12.0 Å². The molecule has 0 amide bonds. The number of rotatable bonds is 3. The number of alkyl halides is 1. The molecule has 64 valence electrons. The van der Waals surface area contributed by atoms with E-state index in [1.54, 1.807) is 0 Å². The summed E-state index contributed by atoms with van der Waals surface area (Å²) in [5.74, 6) is -0.485. The number of hydrogen-bond donors (Lipinski definition) is 0.